The first kappa shape index (κ1) is 13.9. The van der Waals surface area contributed by atoms with Crippen molar-refractivity contribution in [1.82, 2.24) is 10.6 Å². The normalized spacial score (nSPS) is 23.8. The van der Waals surface area contributed by atoms with E-state index in [0.29, 0.717) is 13.0 Å². The minimum absolute atomic E-state index is 0.00976. The van der Waals surface area contributed by atoms with E-state index < -0.39 is 6.10 Å². The lowest BCUT2D eigenvalue weighted by Crippen LogP contribution is -2.43. The second-order valence-corrected chi connectivity index (χ2v) is 4.50. The summed E-state index contributed by atoms with van der Waals surface area (Å²) in [6.45, 7) is 4.15. The number of carbonyl (C=O) groups excluding carboxylic acids is 2. The molecule has 0 radical (unpaired) electrons. The maximum atomic E-state index is 11.6. The molecule has 0 aliphatic carbocycles. The summed E-state index contributed by atoms with van der Waals surface area (Å²) in [5.74, 6) is -0.429. The zero-order valence-electron chi connectivity index (χ0n) is 10.4. The molecule has 1 rings (SSSR count). The number of ether oxygens (including phenoxy) is 1. The molecule has 0 unspecified atom stereocenters. The van der Waals surface area contributed by atoms with Crippen molar-refractivity contribution in [3.8, 4) is 0 Å². The van der Waals surface area contributed by atoms with Crippen LogP contribution in [0.3, 0.4) is 0 Å². The topological polar surface area (TPSA) is 93.5 Å². The molecular formula is C11H21N3O3. The average molecular weight is 243 g/mol. The summed E-state index contributed by atoms with van der Waals surface area (Å²) >= 11 is 0. The highest BCUT2D eigenvalue weighted by Gasteiger charge is 2.29. The predicted octanol–water partition coefficient (Wildman–Crippen LogP) is -0.866. The molecule has 4 N–H and O–H groups in total. The van der Waals surface area contributed by atoms with Crippen LogP contribution in [0.1, 0.15) is 26.7 Å². The molecule has 0 spiro atoms. The number of hydrogen-bond acceptors (Lipinski definition) is 4. The first-order chi connectivity index (χ1) is 8.02. The quantitative estimate of drug-likeness (QED) is 0.585. The zero-order chi connectivity index (χ0) is 12.8. The van der Waals surface area contributed by atoms with E-state index >= 15 is 0 Å². The molecule has 17 heavy (non-hydrogen) atoms. The van der Waals surface area contributed by atoms with Gasteiger partial charge >= 0.3 is 0 Å². The fourth-order valence-corrected chi connectivity index (χ4v) is 1.73. The number of rotatable bonds is 5. The van der Waals surface area contributed by atoms with Crippen LogP contribution in [0.5, 0.6) is 0 Å². The molecule has 2 atom stereocenters. The molecule has 1 saturated heterocycles. The summed E-state index contributed by atoms with van der Waals surface area (Å²) in [4.78, 5) is 22.9. The molecule has 6 heteroatoms. The van der Waals surface area contributed by atoms with Crippen molar-refractivity contribution in [3.05, 3.63) is 0 Å². The van der Waals surface area contributed by atoms with Crippen LogP contribution in [-0.2, 0) is 14.3 Å². The van der Waals surface area contributed by atoms with Gasteiger partial charge in [-0.3, -0.25) is 9.59 Å². The maximum absolute atomic E-state index is 11.6. The molecule has 2 amide bonds. The van der Waals surface area contributed by atoms with Crippen molar-refractivity contribution in [1.29, 1.82) is 0 Å². The smallest absolute Gasteiger partial charge is 0.249 e. The van der Waals surface area contributed by atoms with E-state index in [2.05, 4.69) is 10.6 Å². The van der Waals surface area contributed by atoms with Gasteiger partial charge in [-0.25, -0.2) is 0 Å². The number of amides is 2. The van der Waals surface area contributed by atoms with Gasteiger partial charge in [-0.2, -0.15) is 0 Å². The average Bonchev–Trinajstić information content (AvgIpc) is 2.73. The molecule has 0 aromatic heterocycles. The monoisotopic (exact) mass is 243 g/mol. The van der Waals surface area contributed by atoms with Gasteiger partial charge in [0.2, 0.25) is 11.8 Å². The second kappa shape index (κ2) is 6.56. The van der Waals surface area contributed by atoms with Crippen LogP contribution >= 0.6 is 0 Å². The van der Waals surface area contributed by atoms with Crippen LogP contribution in [-0.4, -0.2) is 43.2 Å². The maximum Gasteiger partial charge on any atom is 0.249 e. The first-order valence-electron chi connectivity index (χ1n) is 5.95. The Morgan fingerprint density at radius 2 is 2.12 bits per heavy atom. The van der Waals surface area contributed by atoms with E-state index in [4.69, 9.17) is 10.5 Å². The van der Waals surface area contributed by atoms with Gasteiger partial charge in [0.1, 0.15) is 6.10 Å². The van der Waals surface area contributed by atoms with Gasteiger partial charge in [-0.15, -0.1) is 0 Å². The number of nitrogens with one attached hydrogen (secondary N) is 2. The molecule has 0 aromatic rings. The van der Waals surface area contributed by atoms with Gasteiger partial charge in [0.15, 0.2) is 0 Å². The van der Waals surface area contributed by atoms with Crippen molar-refractivity contribution < 1.29 is 14.3 Å². The van der Waals surface area contributed by atoms with E-state index in [1.165, 1.54) is 0 Å². The summed E-state index contributed by atoms with van der Waals surface area (Å²) in [5.41, 5.74) is 5.45. The van der Waals surface area contributed by atoms with Crippen LogP contribution in [0.15, 0.2) is 0 Å². The summed E-state index contributed by atoms with van der Waals surface area (Å²) < 4.78 is 5.42. The van der Waals surface area contributed by atoms with E-state index in [0.717, 1.165) is 6.42 Å². The Morgan fingerprint density at radius 3 is 2.65 bits per heavy atom. The Hall–Kier alpha value is -1.14. The van der Waals surface area contributed by atoms with Crippen LogP contribution in [0.4, 0.5) is 0 Å². The van der Waals surface area contributed by atoms with E-state index in [-0.39, 0.29) is 30.5 Å². The van der Waals surface area contributed by atoms with Crippen molar-refractivity contribution in [3.63, 3.8) is 0 Å². The Morgan fingerprint density at radius 1 is 1.41 bits per heavy atom. The third-order valence-electron chi connectivity index (χ3n) is 2.54. The van der Waals surface area contributed by atoms with Crippen molar-refractivity contribution in [2.45, 2.75) is 44.9 Å². The highest BCUT2D eigenvalue weighted by atomic mass is 16.5. The first-order valence-corrected chi connectivity index (χ1v) is 5.95. The fraction of sp³-hybridized carbons (Fsp3) is 0.818. The molecule has 0 aromatic carbocycles. The summed E-state index contributed by atoms with van der Waals surface area (Å²) in [6.07, 6.45) is 0.970. The molecular weight excluding hydrogens is 222 g/mol. The Kier molecular flexibility index (Phi) is 5.37. The van der Waals surface area contributed by atoms with Gasteiger partial charge in [0.05, 0.1) is 12.6 Å². The van der Waals surface area contributed by atoms with Crippen molar-refractivity contribution >= 4 is 11.8 Å². The van der Waals surface area contributed by atoms with Gasteiger partial charge in [-0.1, -0.05) is 0 Å². The Balaban J connectivity index is 2.24. The van der Waals surface area contributed by atoms with E-state index in [1.807, 2.05) is 13.8 Å². The lowest BCUT2D eigenvalue weighted by Gasteiger charge is -2.13. The minimum atomic E-state index is -0.463. The van der Waals surface area contributed by atoms with Crippen molar-refractivity contribution in [2.24, 2.45) is 5.73 Å². The minimum Gasteiger partial charge on any atom is -0.364 e. The summed E-state index contributed by atoms with van der Waals surface area (Å²) in [5, 5.41) is 5.25. The highest BCUT2D eigenvalue weighted by Crippen LogP contribution is 2.18. The SMILES string of the molecule is CC(C)NC(=O)CNC(=O)[C@@H]1CC[C@H](CN)O1. The molecule has 1 fully saturated rings. The third-order valence-corrected chi connectivity index (χ3v) is 2.54. The largest absolute Gasteiger partial charge is 0.364 e. The fourth-order valence-electron chi connectivity index (χ4n) is 1.73. The van der Waals surface area contributed by atoms with Crippen LogP contribution in [0.25, 0.3) is 0 Å². The molecule has 1 heterocycles. The van der Waals surface area contributed by atoms with Crippen molar-refractivity contribution in [2.75, 3.05) is 13.1 Å². The van der Waals surface area contributed by atoms with Crippen LogP contribution in [0, 0.1) is 0 Å². The Bertz CT molecular complexity index is 281. The third kappa shape index (κ3) is 4.70. The summed E-state index contributed by atoms with van der Waals surface area (Å²) in [7, 11) is 0. The van der Waals surface area contributed by atoms with E-state index in [1.54, 1.807) is 0 Å². The molecule has 0 saturated carbocycles. The molecule has 1 aliphatic rings. The highest BCUT2D eigenvalue weighted by molar-refractivity contribution is 5.87. The number of nitrogens with two attached hydrogens (primary N) is 1. The molecule has 1 aliphatic heterocycles. The molecule has 0 bridgehead atoms. The number of carbonyl (C=O) groups is 2. The summed E-state index contributed by atoms with van der Waals surface area (Å²) in [6, 6.07) is 0.0729. The Labute approximate surface area is 101 Å². The standard InChI is InChI=1S/C11H21N3O3/c1-7(2)14-10(15)6-13-11(16)9-4-3-8(5-12)17-9/h7-9H,3-6,12H2,1-2H3,(H,13,16)(H,14,15)/t8-,9+/m1/s1. The lowest BCUT2D eigenvalue weighted by molar-refractivity contribution is -0.134. The van der Waals surface area contributed by atoms with Gasteiger partial charge < -0.3 is 21.1 Å². The predicted molar refractivity (Wildman–Crippen MR) is 63.2 cm³/mol. The van der Waals surface area contributed by atoms with Gasteiger partial charge in [0.25, 0.3) is 0 Å². The van der Waals surface area contributed by atoms with Gasteiger partial charge in [-0.05, 0) is 26.7 Å². The second-order valence-electron chi connectivity index (χ2n) is 4.50. The van der Waals surface area contributed by atoms with Gasteiger partial charge in [0, 0.05) is 12.6 Å². The lowest BCUT2D eigenvalue weighted by atomic mass is 10.2. The molecule has 6 nitrogen and oxygen atoms in total. The van der Waals surface area contributed by atoms with E-state index in [9.17, 15) is 9.59 Å². The molecule has 98 valence electrons. The zero-order valence-corrected chi connectivity index (χ0v) is 10.4. The van der Waals surface area contributed by atoms with Crippen LogP contribution in [0.2, 0.25) is 0 Å². The van der Waals surface area contributed by atoms with Crippen LogP contribution < -0.4 is 16.4 Å². The number of hydrogen-bond donors (Lipinski definition) is 3.